The van der Waals surface area contributed by atoms with Gasteiger partial charge in [0.25, 0.3) is 0 Å². The second kappa shape index (κ2) is 8.09. The molecule has 0 aliphatic heterocycles. The quantitative estimate of drug-likeness (QED) is 0.848. The van der Waals surface area contributed by atoms with Gasteiger partial charge in [0.2, 0.25) is 0 Å². The van der Waals surface area contributed by atoms with Crippen molar-refractivity contribution in [1.82, 2.24) is 0 Å². The minimum Gasteiger partial charge on any atom is -0.396 e. The smallest absolute Gasteiger partial charge is 0.0431 e. The summed E-state index contributed by atoms with van der Waals surface area (Å²) in [7, 11) is 4.10. The molecule has 0 saturated heterocycles. The van der Waals surface area contributed by atoms with Crippen LogP contribution in [0.15, 0.2) is 18.2 Å². The van der Waals surface area contributed by atoms with Gasteiger partial charge in [-0.1, -0.05) is 13.0 Å². The Morgan fingerprint density at radius 1 is 1.41 bits per heavy atom. The van der Waals surface area contributed by atoms with Crippen molar-refractivity contribution in [3.63, 3.8) is 0 Å². The molecular formula is C14H25N2O. The summed E-state index contributed by atoms with van der Waals surface area (Å²) in [4.78, 5) is 2.11. The van der Waals surface area contributed by atoms with Gasteiger partial charge in [-0.2, -0.15) is 0 Å². The SMILES string of the molecule is CCC(N)c1ccc(N(C)C)cc1C.[CH2]CO. The molecule has 3 heteroatoms. The molecule has 97 valence electrons. The van der Waals surface area contributed by atoms with Crippen molar-refractivity contribution in [3.8, 4) is 0 Å². The number of benzene rings is 1. The van der Waals surface area contributed by atoms with Crippen LogP contribution in [0.4, 0.5) is 5.69 Å². The van der Waals surface area contributed by atoms with E-state index in [1.807, 2.05) is 14.1 Å². The van der Waals surface area contributed by atoms with Gasteiger partial charge in [-0.3, -0.25) is 0 Å². The molecule has 1 rings (SSSR count). The zero-order chi connectivity index (χ0) is 13.4. The van der Waals surface area contributed by atoms with Crippen LogP contribution in [0.2, 0.25) is 0 Å². The molecule has 0 amide bonds. The lowest BCUT2D eigenvalue weighted by Gasteiger charge is -2.17. The van der Waals surface area contributed by atoms with Gasteiger partial charge in [0.15, 0.2) is 0 Å². The second-order valence-corrected chi connectivity index (χ2v) is 4.17. The summed E-state index contributed by atoms with van der Waals surface area (Å²) >= 11 is 0. The standard InChI is InChI=1S/C12H20N2.C2H5O/c1-5-12(13)11-7-6-10(14(3)4)8-9(11)2;1-2-3/h6-8,12H,5,13H2,1-4H3;3H,1-2H2. The molecule has 1 unspecified atom stereocenters. The van der Waals surface area contributed by atoms with Crippen molar-refractivity contribution in [3.05, 3.63) is 36.2 Å². The third-order valence-corrected chi connectivity index (χ3v) is 2.61. The molecule has 0 aliphatic rings. The molecule has 0 aliphatic carbocycles. The summed E-state index contributed by atoms with van der Waals surface area (Å²) in [5.74, 6) is 0. The Labute approximate surface area is 105 Å². The van der Waals surface area contributed by atoms with Crippen molar-refractivity contribution >= 4 is 5.69 Å². The van der Waals surface area contributed by atoms with Crippen LogP contribution in [0.5, 0.6) is 0 Å². The summed E-state index contributed by atoms with van der Waals surface area (Å²) in [6, 6.07) is 6.62. The Kier molecular flexibility index (Phi) is 7.59. The van der Waals surface area contributed by atoms with E-state index >= 15 is 0 Å². The molecule has 0 bridgehead atoms. The topological polar surface area (TPSA) is 49.5 Å². The molecular weight excluding hydrogens is 212 g/mol. The highest BCUT2D eigenvalue weighted by molar-refractivity contribution is 5.50. The van der Waals surface area contributed by atoms with Gasteiger partial charge in [-0.15, -0.1) is 0 Å². The zero-order valence-electron chi connectivity index (χ0n) is 11.4. The Bertz CT molecular complexity index is 324. The van der Waals surface area contributed by atoms with Crippen LogP contribution in [-0.4, -0.2) is 25.8 Å². The predicted octanol–water partition coefficient (Wildman–Crippen LogP) is 2.28. The maximum atomic E-state index is 7.46. The summed E-state index contributed by atoms with van der Waals surface area (Å²) in [6.07, 6.45) is 0.988. The number of aryl methyl sites for hydroxylation is 1. The van der Waals surface area contributed by atoms with E-state index in [2.05, 4.69) is 43.9 Å². The largest absolute Gasteiger partial charge is 0.396 e. The molecule has 0 spiro atoms. The fourth-order valence-electron chi connectivity index (χ4n) is 1.57. The minimum atomic E-state index is 0. The molecule has 3 nitrogen and oxygen atoms in total. The van der Waals surface area contributed by atoms with E-state index in [-0.39, 0.29) is 12.6 Å². The maximum Gasteiger partial charge on any atom is 0.0431 e. The summed E-state index contributed by atoms with van der Waals surface area (Å²) in [6.45, 7) is 7.28. The lowest BCUT2D eigenvalue weighted by atomic mass is 9.99. The molecule has 0 heterocycles. The molecule has 1 radical (unpaired) electrons. The monoisotopic (exact) mass is 237 g/mol. The molecule has 1 atom stereocenters. The average Bonchev–Trinajstić information content (AvgIpc) is 2.29. The minimum absolute atomic E-state index is 0. The molecule has 0 aromatic heterocycles. The third-order valence-electron chi connectivity index (χ3n) is 2.61. The van der Waals surface area contributed by atoms with Gasteiger partial charge in [0, 0.05) is 32.4 Å². The Morgan fingerprint density at radius 3 is 2.29 bits per heavy atom. The molecule has 0 saturated carbocycles. The number of hydrogen-bond acceptors (Lipinski definition) is 3. The fraction of sp³-hybridized carbons (Fsp3) is 0.500. The van der Waals surface area contributed by atoms with Crippen molar-refractivity contribution in [2.45, 2.75) is 26.3 Å². The maximum absolute atomic E-state index is 7.46. The fourth-order valence-corrected chi connectivity index (χ4v) is 1.57. The average molecular weight is 237 g/mol. The Morgan fingerprint density at radius 2 is 1.94 bits per heavy atom. The number of anilines is 1. The first kappa shape index (κ1) is 15.9. The van der Waals surface area contributed by atoms with Gasteiger partial charge in [-0.05, 0) is 43.5 Å². The second-order valence-electron chi connectivity index (χ2n) is 4.17. The van der Waals surface area contributed by atoms with E-state index in [0.717, 1.165) is 6.42 Å². The van der Waals surface area contributed by atoms with Crippen LogP contribution in [0.1, 0.15) is 30.5 Å². The number of hydrogen-bond donors (Lipinski definition) is 2. The van der Waals surface area contributed by atoms with Crippen LogP contribution in [-0.2, 0) is 0 Å². The van der Waals surface area contributed by atoms with E-state index in [1.54, 1.807) is 0 Å². The first-order valence-electron chi connectivity index (χ1n) is 5.91. The molecule has 1 aromatic carbocycles. The molecule has 17 heavy (non-hydrogen) atoms. The number of nitrogens with two attached hydrogens (primary N) is 1. The van der Waals surface area contributed by atoms with Crippen LogP contribution in [0, 0.1) is 13.8 Å². The van der Waals surface area contributed by atoms with Gasteiger partial charge in [-0.25, -0.2) is 0 Å². The van der Waals surface area contributed by atoms with Crippen molar-refractivity contribution in [1.29, 1.82) is 0 Å². The lowest BCUT2D eigenvalue weighted by Crippen LogP contribution is -2.12. The van der Waals surface area contributed by atoms with E-state index < -0.39 is 0 Å². The summed E-state index contributed by atoms with van der Waals surface area (Å²) < 4.78 is 0. The van der Waals surface area contributed by atoms with Crippen LogP contribution in [0.3, 0.4) is 0 Å². The number of nitrogens with zero attached hydrogens (tertiary/aromatic N) is 1. The summed E-state index contributed by atoms with van der Waals surface area (Å²) in [5.41, 5.74) is 9.78. The zero-order valence-corrected chi connectivity index (χ0v) is 11.4. The highest BCUT2D eigenvalue weighted by atomic mass is 16.2. The number of aliphatic hydroxyl groups is 1. The number of rotatable bonds is 3. The first-order valence-corrected chi connectivity index (χ1v) is 5.91. The molecule has 0 fully saturated rings. The van der Waals surface area contributed by atoms with E-state index in [0.29, 0.717) is 0 Å². The van der Waals surface area contributed by atoms with E-state index in [4.69, 9.17) is 10.8 Å². The first-order chi connectivity index (χ1) is 7.97. The van der Waals surface area contributed by atoms with E-state index in [1.165, 1.54) is 16.8 Å². The van der Waals surface area contributed by atoms with Crippen LogP contribution >= 0.6 is 0 Å². The van der Waals surface area contributed by atoms with Crippen molar-refractivity contribution in [2.24, 2.45) is 5.73 Å². The Hall–Kier alpha value is -1.06. The predicted molar refractivity (Wildman–Crippen MR) is 75.2 cm³/mol. The van der Waals surface area contributed by atoms with Gasteiger partial charge in [0.05, 0.1) is 0 Å². The van der Waals surface area contributed by atoms with Crippen molar-refractivity contribution in [2.75, 3.05) is 25.6 Å². The van der Waals surface area contributed by atoms with Gasteiger partial charge >= 0.3 is 0 Å². The highest BCUT2D eigenvalue weighted by Crippen LogP contribution is 2.22. The van der Waals surface area contributed by atoms with Crippen molar-refractivity contribution < 1.29 is 5.11 Å². The normalized spacial score (nSPS) is 11.5. The van der Waals surface area contributed by atoms with E-state index in [9.17, 15) is 0 Å². The van der Waals surface area contributed by atoms with Gasteiger partial charge in [0.1, 0.15) is 0 Å². The lowest BCUT2D eigenvalue weighted by molar-refractivity contribution is 0.341. The Balaban J connectivity index is 0.000000770. The highest BCUT2D eigenvalue weighted by Gasteiger charge is 2.07. The third kappa shape index (κ3) is 5.20. The molecule has 3 N–H and O–H groups in total. The van der Waals surface area contributed by atoms with Gasteiger partial charge < -0.3 is 15.7 Å². The summed E-state index contributed by atoms with van der Waals surface area (Å²) in [5, 5.41) is 7.46. The van der Waals surface area contributed by atoms with Crippen LogP contribution < -0.4 is 10.6 Å². The number of aliphatic hydroxyl groups excluding tert-OH is 1. The van der Waals surface area contributed by atoms with Crippen LogP contribution in [0.25, 0.3) is 0 Å². The molecule has 1 aromatic rings.